The number of carbonyl (C=O) groups is 3. The number of benzene rings is 6. The van der Waals surface area contributed by atoms with Crippen LogP contribution in [0.15, 0.2) is 165 Å². The second-order valence-electron chi connectivity index (χ2n) is 16.6. The summed E-state index contributed by atoms with van der Waals surface area (Å²) in [6.45, 7) is 3.20. The number of para-hydroxylation sites is 2. The summed E-state index contributed by atoms with van der Waals surface area (Å²) in [5, 5.41) is 2.74. The quantitative estimate of drug-likeness (QED) is 0.0961. The number of aromatic nitrogens is 4. The highest BCUT2D eigenvalue weighted by atomic mass is 35.5. The molecule has 0 unspecified atom stereocenters. The van der Waals surface area contributed by atoms with E-state index < -0.39 is 48.9 Å². The third-order valence-corrected chi connectivity index (χ3v) is 15.5. The van der Waals surface area contributed by atoms with E-state index in [9.17, 15) is 40.8 Å². The van der Waals surface area contributed by atoms with Crippen molar-refractivity contribution in [2.75, 3.05) is 38.7 Å². The first kappa shape index (κ1) is 51.2. The molecule has 0 spiro atoms. The maximum atomic E-state index is 13.8. The maximum Gasteiger partial charge on any atom is 0.296 e. The topological polar surface area (TPSA) is 216 Å². The minimum Gasteiger partial charge on any atom is -0.322 e. The Labute approximate surface area is 429 Å². The summed E-state index contributed by atoms with van der Waals surface area (Å²) in [5.74, 6) is -1.80. The van der Waals surface area contributed by atoms with Gasteiger partial charge in [-0.3, -0.25) is 42.8 Å². The summed E-state index contributed by atoms with van der Waals surface area (Å²) in [7, 11) is -2.61. The van der Waals surface area contributed by atoms with Gasteiger partial charge in [-0.05, 0) is 123 Å². The lowest BCUT2D eigenvalue weighted by molar-refractivity contribution is 0.0985. The fourth-order valence-electron chi connectivity index (χ4n) is 7.83. The second kappa shape index (κ2) is 20.1. The average molecular weight is 1060 g/mol. The molecule has 73 heavy (non-hydrogen) atoms. The molecule has 0 radical (unpaired) electrons. The molecule has 0 aliphatic heterocycles. The number of nitrogens with one attached hydrogen (secondary N) is 3. The summed E-state index contributed by atoms with van der Waals surface area (Å²) >= 11 is 12.9. The molecule has 0 saturated heterocycles. The minimum absolute atomic E-state index is 0.0163. The van der Waals surface area contributed by atoms with E-state index in [1.165, 1.54) is 91.2 Å². The molecule has 374 valence electrons. The monoisotopic (exact) mass is 1060 g/mol. The lowest BCUT2D eigenvalue weighted by Crippen LogP contribution is -2.27. The summed E-state index contributed by atoms with van der Waals surface area (Å²) in [5.41, 5.74) is 1.33. The largest absolute Gasteiger partial charge is 0.322 e. The van der Waals surface area contributed by atoms with Crippen molar-refractivity contribution in [1.82, 2.24) is 18.7 Å². The van der Waals surface area contributed by atoms with Gasteiger partial charge in [-0.25, -0.2) is 26.2 Å². The first-order valence-corrected chi connectivity index (χ1v) is 25.7. The number of carbonyl (C=O) groups excluding carboxylic acids is 3. The highest BCUT2D eigenvalue weighted by Gasteiger charge is 2.28. The van der Waals surface area contributed by atoms with Crippen molar-refractivity contribution < 1.29 is 31.2 Å². The summed E-state index contributed by atoms with van der Waals surface area (Å²) < 4.78 is 65.2. The molecule has 8 rings (SSSR count). The summed E-state index contributed by atoms with van der Waals surface area (Å²) in [6, 6.07) is 37.0. The number of sulfonamides is 2. The van der Waals surface area contributed by atoms with E-state index in [0.29, 0.717) is 39.8 Å². The second-order valence-corrected chi connectivity index (χ2v) is 20.8. The zero-order chi connectivity index (χ0) is 52.7. The SMILES string of the molecule is Cc1c(NS(=O)(=O)c2ccc(Cl)c(C(=O)N(C)c3ccc(NC(=O)c4ccc(N(C)C(=O)c5cc(S(=O)(=O)Nc6c(C)n(C)n(-c7ccccc7)c6=O)ccc5Cl)cc4)cc3)c2)c(=O)n(-c2ccccc2)n1C. The number of hydrogen-bond acceptors (Lipinski definition) is 9. The van der Waals surface area contributed by atoms with E-state index in [1.807, 2.05) is 0 Å². The first-order chi connectivity index (χ1) is 34.6. The van der Waals surface area contributed by atoms with Gasteiger partial charge in [0.25, 0.3) is 48.9 Å². The predicted molar refractivity (Wildman–Crippen MR) is 282 cm³/mol. The molecule has 2 heterocycles. The number of rotatable bonds is 14. The molecule has 0 fully saturated rings. The van der Waals surface area contributed by atoms with Crippen LogP contribution in [-0.4, -0.2) is 67.4 Å². The normalized spacial score (nSPS) is 11.5. The van der Waals surface area contributed by atoms with Crippen LogP contribution in [-0.2, 0) is 34.1 Å². The molecule has 3 amide bonds. The zero-order valence-corrected chi connectivity index (χ0v) is 42.9. The van der Waals surface area contributed by atoms with Crippen LogP contribution in [0.2, 0.25) is 10.0 Å². The van der Waals surface area contributed by atoms with Gasteiger partial charge in [-0.1, -0.05) is 59.6 Å². The van der Waals surface area contributed by atoms with Crippen LogP contribution >= 0.6 is 23.2 Å². The van der Waals surface area contributed by atoms with Gasteiger partial charge in [-0.2, -0.15) is 0 Å². The fraction of sp³-hybridized carbons (Fsp3) is 0.118. The molecule has 0 bridgehead atoms. The Bertz CT molecular complexity index is 3840. The van der Waals surface area contributed by atoms with E-state index in [2.05, 4.69) is 14.8 Å². The van der Waals surface area contributed by atoms with Gasteiger partial charge in [0.05, 0.1) is 53.7 Å². The molecule has 18 nitrogen and oxygen atoms in total. The molecule has 6 aromatic carbocycles. The number of nitrogens with zero attached hydrogens (tertiary/aromatic N) is 6. The Morgan fingerprint density at radius 1 is 0.521 bits per heavy atom. The minimum atomic E-state index is -4.40. The van der Waals surface area contributed by atoms with E-state index in [-0.39, 0.29) is 47.9 Å². The highest BCUT2D eigenvalue weighted by Crippen LogP contribution is 2.29. The zero-order valence-electron chi connectivity index (χ0n) is 39.8. The Kier molecular flexibility index (Phi) is 14.1. The molecular weight excluding hydrogens is 1020 g/mol. The van der Waals surface area contributed by atoms with Crippen LogP contribution in [0.3, 0.4) is 0 Å². The average Bonchev–Trinajstić information content (AvgIpc) is 3.72. The van der Waals surface area contributed by atoms with Gasteiger partial charge in [0.15, 0.2) is 0 Å². The van der Waals surface area contributed by atoms with Gasteiger partial charge < -0.3 is 15.1 Å². The van der Waals surface area contributed by atoms with Crippen molar-refractivity contribution in [2.24, 2.45) is 14.1 Å². The lowest BCUT2D eigenvalue weighted by Gasteiger charge is -2.19. The Hall–Kier alpha value is -8.17. The van der Waals surface area contributed by atoms with Gasteiger partial charge in [0, 0.05) is 50.8 Å². The van der Waals surface area contributed by atoms with Gasteiger partial charge in [-0.15, -0.1) is 0 Å². The van der Waals surface area contributed by atoms with Crippen LogP contribution < -0.4 is 35.7 Å². The molecule has 0 aliphatic carbocycles. The predicted octanol–water partition coefficient (Wildman–Crippen LogP) is 8.00. The molecular formula is C51H45Cl2N9O9S2. The Morgan fingerprint density at radius 2 is 0.890 bits per heavy atom. The number of amides is 3. The third kappa shape index (κ3) is 10.0. The summed E-state index contributed by atoms with van der Waals surface area (Å²) in [4.78, 5) is 69.7. The molecule has 2 aromatic heterocycles. The molecule has 8 aromatic rings. The van der Waals surface area contributed by atoms with Crippen molar-refractivity contribution in [3.05, 3.63) is 204 Å². The van der Waals surface area contributed by atoms with Crippen LogP contribution in [0.4, 0.5) is 28.4 Å². The van der Waals surface area contributed by atoms with Crippen molar-refractivity contribution in [2.45, 2.75) is 23.6 Å². The van der Waals surface area contributed by atoms with E-state index >= 15 is 0 Å². The van der Waals surface area contributed by atoms with E-state index in [4.69, 9.17) is 23.2 Å². The van der Waals surface area contributed by atoms with Crippen LogP contribution in [0.5, 0.6) is 0 Å². The van der Waals surface area contributed by atoms with E-state index in [1.54, 1.807) is 113 Å². The Morgan fingerprint density at radius 3 is 1.27 bits per heavy atom. The molecule has 0 atom stereocenters. The molecule has 22 heteroatoms. The number of anilines is 5. The summed E-state index contributed by atoms with van der Waals surface area (Å²) in [6.07, 6.45) is 0. The van der Waals surface area contributed by atoms with Crippen molar-refractivity contribution >= 4 is 89.4 Å². The molecule has 0 aliphatic rings. The van der Waals surface area contributed by atoms with Gasteiger partial charge in [0.2, 0.25) is 0 Å². The third-order valence-electron chi connectivity index (χ3n) is 12.2. The van der Waals surface area contributed by atoms with Gasteiger partial charge in [0.1, 0.15) is 11.4 Å². The van der Waals surface area contributed by atoms with Crippen molar-refractivity contribution in [3.8, 4) is 11.4 Å². The first-order valence-electron chi connectivity index (χ1n) is 22.0. The van der Waals surface area contributed by atoms with E-state index in [0.717, 1.165) is 12.1 Å². The maximum absolute atomic E-state index is 13.8. The Balaban J connectivity index is 0.912. The standard InChI is InChI=1S/C51H45Cl2N9O9S2/c1-31-45(50(66)61(59(31)5)37-13-9-7-10-14-37)55-72(68,69)39-25-27-43(52)41(29-39)48(64)57(3)35-21-17-33(18-22-35)47(63)54-34-19-23-36(24-20-34)58(4)49(65)42-30-40(26-28-44(42)53)73(70,71)56-46-32(2)60(6)62(51(46)67)38-15-11-8-12-16-38/h7-30,55-56H,1-6H3,(H,54,63). The van der Waals surface area contributed by atoms with Gasteiger partial charge >= 0.3 is 0 Å². The smallest absolute Gasteiger partial charge is 0.296 e. The van der Waals surface area contributed by atoms with Crippen LogP contribution in [0.1, 0.15) is 42.5 Å². The van der Waals surface area contributed by atoms with Crippen LogP contribution in [0.25, 0.3) is 11.4 Å². The number of hydrogen-bond donors (Lipinski definition) is 3. The lowest BCUT2D eigenvalue weighted by atomic mass is 10.1. The number of halogens is 2. The molecule has 3 N–H and O–H groups in total. The van der Waals surface area contributed by atoms with Crippen molar-refractivity contribution in [3.63, 3.8) is 0 Å². The van der Waals surface area contributed by atoms with Crippen LogP contribution in [0, 0.1) is 13.8 Å². The van der Waals surface area contributed by atoms with Crippen molar-refractivity contribution in [1.29, 1.82) is 0 Å². The molecule has 0 saturated carbocycles. The highest BCUT2D eigenvalue weighted by molar-refractivity contribution is 7.93. The fourth-order valence-corrected chi connectivity index (χ4v) is 10.5.